The SMILES string of the molecule is C[C@H](C(=O)Nc1ccc(F)cc1F)[NH+]1CCN(c2ccccc2O)CC1. The average molecular weight is 362 g/mol. The van der Waals surface area contributed by atoms with Crippen LogP contribution in [0.5, 0.6) is 5.75 Å². The van der Waals surface area contributed by atoms with Gasteiger partial charge in [-0.1, -0.05) is 12.1 Å². The van der Waals surface area contributed by atoms with Crippen LogP contribution < -0.4 is 15.1 Å². The zero-order valence-electron chi connectivity index (χ0n) is 14.5. The van der Waals surface area contributed by atoms with Crippen LogP contribution in [0.15, 0.2) is 42.5 Å². The standard InChI is InChI=1S/C19H21F2N3O2/c1-13(19(26)22-16-7-6-14(20)12-15(16)21)23-8-10-24(11-9-23)17-4-2-3-5-18(17)25/h2-7,12-13,25H,8-11H2,1H3,(H,22,26)/p+1/t13-/m1/s1. The third-order valence-corrected chi connectivity index (χ3v) is 4.82. The van der Waals surface area contributed by atoms with Gasteiger partial charge in [0, 0.05) is 6.07 Å². The summed E-state index contributed by atoms with van der Waals surface area (Å²) in [7, 11) is 0. The monoisotopic (exact) mass is 362 g/mol. The van der Waals surface area contributed by atoms with Gasteiger partial charge in [0.05, 0.1) is 37.6 Å². The minimum Gasteiger partial charge on any atom is -0.506 e. The van der Waals surface area contributed by atoms with Gasteiger partial charge in [0.2, 0.25) is 0 Å². The molecule has 7 heteroatoms. The molecule has 1 fully saturated rings. The second-order valence-electron chi connectivity index (χ2n) is 6.47. The Labute approximate surface area is 150 Å². The van der Waals surface area contributed by atoms with Crippen LogP contribution in [0.3, 0.4) is 0 Å². The molecule has 1 aliphatic rings. The highest BCUT2D eigenvalue weighted by molar-refractivity contribution is 5.93. The van der Waals surface area contributed by atoms with Gasteiger partial charge in [-0.25, -0.2) is 8.78 Å². The Morgan fingerprint density at radius 3 is 2.54 bits per heavy atom. The number of phenols is 1. The van der Waals surface area contributed by atoms with Crippen LogP contribution in [-0.2, 0) is 4.79 Å². The molecule has 1 heterocycles. The van der Waals surface area contributed by atoms with E-state index in [-0.39, 0.29) is 23.4 Å². The van der Waals surface area contributed by atoms with Crippen molar-refractivity contribution in [2.45, 2.75) is 13.0 Å². The lowest BCUT2D eigenvalue weighted by Crippen LogP contribution is -3.19. The molecule has 26 heavy (non-hydrogen) atoms. The lowest BCUT2D eigenvalue weighted by molar-refractivity contribution is -0.914. The van der Waals surface area contributed by atoms with Crippen molar-refractivity contribution in [3.05, 3.63) is 54.1 Å². The van der Waals surface area contributed by atoms with E-state index in [9.17, 15) is 18.7 Å². The van der Waals surface area contributed by atoms with E-state index in [1.807, 2.05) is 12.1 Å². The van der Waals surface area contributed by atoms with Crippen LogP contribution in [0.4, 0.5) is 20.2 Å². The van der Waals surface area contributed by atoms with Gasteiger partial charge in [-0.05, 0) is 31.2 Å². The summed E-state index contributed by atoms with van der Waals surface area (Å²) in [5.74, 6) is -1.53. The summed E-state index contributed by atoms with van der Waals surface area (Å²) in [5, 5.41) is 12.5. The van der Waals surface area contributed by atoms with Gasteiger partial charge in [0.25, 0.3) is 5.91 Å². The number of para-hydroxylation sites is 2. The van der Waals surface area contributed by atoms with Gasteiger partial charge in [-0.3, -0.25) is 4.79 Å². The number of nitrogens with one attached hydrogen (secondary N) is 2. The predicted octanol–water partition coefficient (Wildman–Crippen LogP) is 1.40. The second kappa shape index (κ2) is 7.70. The highest BCUT2D eigenvalue weighted by Gasteiger charge is 2.30. The van der Waals surface area contributed by atoms with Crippen LogP contribution in [0.1, 0.15) is 6.92 Å². The van der Waals surface area contributed by atoms with Gasteiger partial charge in [0.15, 0.2) is 6.04 Å². The molecule has 5 nitrogen and oxygen atoms in total. The van der Waals surface area contributed by atoms with Crippen molar-refractivity contribution in [3.8, 4) is 5.75 Å². The first kappa shape index (κ1) is 18.1. The molecule has 0 unspecified atom stereocenters. The summed E-state index contributed by atoms with van der Waals surface area (Å²) in [6, 6.07) is 9.89. The molecule has 0 saturated carbocycles. The predicted molar refractivity (Wildman–Crippen MR) is 95.5 cm³/mol. The number of hydrogen-bond donors (Lipinski definition) is 3. The van der Waals surface area contributed by atoms with Crippen molar-refractivity contribution < 1.29 is 23.6 Å². The first-order chi connectivity index (χ1) is 12.5. The molecule has 1 aliphatic heterocycles. The average Bonchev–Trinajstić information content (AvgIpc) is 2.64. The maximum atomic E-state index is 13.7. The Bertz CT molecular complexity index is 792. The van der Waals surface area contributed by atoms with E-state index >= 15 is 0 Å². The maximum absolute atomic E-state index is 13.7. The number of anilines is 2. The largest absolute Gasteiger partial charge is 0.506 e. The Balaban J connectivity index is 1.58. The third-order valence-electron chi connectivity index (χ3n) is 4.82. The minimum atomic E-state index is -0.787. The van der Waals surface area contributed by atoms with Crippen molar-refractivity contribution in [1.29, 1.82) is 0 Å². The van der Waals surface area contributed by atoms with Crippen molar-refractivity contribution in [2.75, 3.05) is 36.4 Å². The lowest BCUT2D eigenvalue weighted by atomic mass is 10.2. The zero-order valence-corrected chi connectivity index (χ0v) is 14.5. The summed E-state index contributed by atoms with van der Waals surface area (Å²) in [6.07, 6.45) is 0. The highest BCUT2D eigenvalue weighted by atomic mass is 19.1. The van der Waals surface area contributed by atoms with E-state index in [1.165, 1.54) is 6.07 Å². The van der Waals surface area contributed by atoms with Crippen LogP contribution in [0, 0.1) is 11.6 Å². The van der Waals surface area contributed by atoms with Gasteiger partial charge in [-0.2, -0.15) is 0 Å². The summed E-state index contributed by atoms with van der Waals surface area (Å²) < 4.78 is 26.7. The van der Waals surface area contributed by atoms with Gasteiger partial charge >= 0.3 is 0 Å². The van der Waals surface area contributed by atoms with Gasteiger partial charge in [-0.15, -0.1) is 0 Å². The molecular weight excluding hydrogens is 340 g/mol. The van der Waals surface area contributed by atoms with Crippen molar-refractivity contribution in [1.82, 2.24) is 0 Å². The number of rotatable bonds is 4. The Kier molecular flexibility index (Phi) is 5.37. The number of aromatic hydroxyl groups is 1. The molecule has 0 radical (unpaired) electrons. The molecular formula is C19H22F2N3O2+. The molecule has 0 bridgehead atoms. The quantitative estimate of drug-likeness (QED) is 0.771. The number of quaternary nitrogens is 1. The lowest BCUT2D eigenvalue weighted by Gasteiger charge is -2.36. The number of benzene rings is 2. The fourth-order valence-electron chi connectivity index (χ4n) is 3.22. The van der Waals surface area contributed by atoms with E-state index in [1.54, 1.807) is 19.1 Å². The van der Waals surface area contributed by atoms with Crippen molar-refractivity contribution >= 4 is 17.3 Å². The Hall–Kier alpha value is -2.67. The molecule has 138 valence electrons. The molecule has 2 aromatic carbocycles. The molecule has 1 amide bonds. The van der Waals surface area contributed by atoms with E-state index < -0.39 is 11.6 Å². The van der Waals surface area contributed by atoms with E-state index in [2.05, 4.69) is 10.2 Å². The molecule has 0 aliphatic carbocycles. The maximum Gasteiger partial charge on any atom is 0.282 e. The van der Waals surface area contributed by atoms with E-state index in [0.29, 0.717) is 13.1 Å². The topological polar surface area (TPSA) is 57.0 Å². The van der Waals surface area contributed by atoms with Crippen LogP contribution >= 0.6 is 0 Å². The van der Waals surface area contributed by atoms with Crippen LogP contribution in [-0.4, -0.2) is 43.2 Å². The number of amides is 1. The van der Waals surface area contributed by atoms with Gasteiger partial charge < -0.3 is 20.2 Å². The molecule has 0 spiro atoms. The normalized spacial score (nSPS) is 16.3. The summed E-state index contributed by atoms with van der Waals surface area (Å²) >= 11 is 0. The number of nitrogens with zero attached hydrogens (tertiary/aromatic N) is 1. The Morgan fingerprint density at radius 1 is 1.19 bits per heavy atom. The molecule has 3 rings (SSSR count). The fraction of sp³-hybridized carbons (Fsp3) is 0.316. The first-order valence-corrected chi connectivity index (χ1v) is 8.59. The molecule has 3 N–H and O–H groups in total. The van der Waals surface area contributed by atoms with Gasteiger partial charge in [0.1, 0.15) is 17.4 Å². The molecule has 1 atom stereocenters. The zero-order chi connectivity index (χ0) is 18.7. The number of piperazine rings is 1. The summed E-state index contributed by atoms with van der Waals surface area (Å²) in [4.78, 5) is 15.6. The molecule has 0 aromatic heterocycles. The third kappa shape index (κ3) is 3.94. The van der Waals surface area contributed by atoms with Crippen molar-refractivity contribution in [2.24, 2.45) is 0 Å². The number of halogens is 2. The molecule has 2 aromatic rings. The van der Waals surface area contributed by atoms with Crippen LogP contribution in [0.2, 0.25) is 0 Å². The van der Waals surface area contributed by atoms with Crippen LogP contribution in [0.25, 0.3) is 0 Å². The fourth-order valence-corrected chi connectivity index (χ4v) is 3.22. The second-order valence-corrected chi connectivity index (χ2v) is 6.47. The number of carbonyl (C=O) groups is 1. The number of hydrogen-bond acceptors (Lipinski definition) is 3. The van der Waals surface area contributed by atoms with E-state index in [0.717, 1.165) is 35.8 Å². The summed E-state index contributed by atoms with van der Waals surface area (Å²) in [6.45, 7) is 4.64. The first-order valence-electron chi connectivity index (χ1n) is 8.59. The Morgan fingerprint density at radius 2 is 1.88 bits per heavy atom. The molecule has 1 saturated heterocycles. The highest BCUT2D eigenvalue weighted by Crippen LogP contribution is 2.26. The van der Waals surface area contributed by atoms with E-state index in [4.69, 9.17) is 0 Å². The minimum absolute atomic E-state index is 0.0181. The number of carbonyl (C=O) groups excluding carboxylic acids is 1. The number of phenolic OH excluding ortho intramolecular Hbond substituents is 1. The smallest absolute Gasteiger partial charge is 0.282 e. The van der Waals surface area contributed by atoms with Crippen molar-refractivity contribution in [3.63, 3.8) is 0 Å². The summed E-state index contributed by atoms with van der Waals surface area (Å²) in [5.41, 5.74) is 0.771.